The van der Waals surface area contributed by atoms with Gasteiger partial charge in [0.25, 0.3) is 0 Å². The molecule has 2 amide bonds. The van der Waals surface area contributed by atoms with Crippen molar-refractivity contribution < 1.29 is 14.3 Å². The zero-order valence-corrected chi connectivity index (χ0v) is 15.4. The van der Waals surface area contributed by atoms with Crippen LogP contribution in [0.15, 0.2) is 42.5 Å². The molecule has 1 N–H and O–H groups in total. The van der Waals surface area contributed by atoms with Gasteiger partial charge in [-0.25, -0.2) is 0 Å². The van der Waals surface area contributed by atoms with Gasteiger partial charge in [-0.3, -0.25) is 9.59 Å². The van der Waals surface area contributed by atoms with Crippen LogP contribution in [0.3, 0.4) is 0 Å². The summed E-state index contributed by atoms with van der Waals surface area (Å²) in [6, 6.07) is 13.3. The maximum absolute atomic E-state index is 13.0. The van der Waals surface area contributed by atoms with E-state index in [-0.39, 0.29) is 11.8 Å². The number of rotatable bonds is 4. The second kappa shape index (κ2) is 7.60. The summed E-state index contributed by atoms with van der Waals surface area (Å²) in [5, 5.41) is 2.73. The molecule has 2 aromatic carbocycles. The third kappa shape index (κ3) is 3.72. The number of nitrogens with zero attached hydrogens (tertiary/aromatic N) is 1. The summed E-state index contributed by atoms with van der Waals surface area (Å²) >= 11 is 0. The fourth-order valence-electron chi connectivity index (χ4n) is 3.41. The van der Waals surface area contributed by atoms with Gasteiger partial charge in [0.2, 0.25) is 11.8 Å². The minimum atomic E-state index is -0.111. The van der Waals surface area contributed by atoms with Crippen molar-refractivity contribution in [2.45, 2.75) is 32.6 Å². The highest BCUT2D eigenvalue weighted by Crippen LogP contribution is 2.41. The number of hydrogen-bond acceptors (Lipinski definition) is 3. The first-order valence-corrected chi connectivity index (χ1v) is 8.83. The Morgan fingerprint density at radius 1 is 1.19 bits per heavy atom. The highest BCUT2D eigenvalue weighted by atomic mass is 16.5. The Morgan fingerprint density at radius 3 is 2.58 bits per heavy atom. The zero-order valence-electron chi connectivity index (χ0n) is 15.4. The van der Waals surface area contributed by atoms with Gasteiger partial charge in [-0.2, -0.15) is 0 Å². The summed E-state index contributed by atoms with van der Waals surface area (Å²) in [7, 11) is 1.64. The molecular formula is C21H24N2O3. The van der Waals surface area contributed by atoms with Gasteiger partial charge in [0.1, 0.15) is 5.75 Å². The van der Waals surface area contributed by atoms with Gasteiger partial charge in [0.05, 0.1) is 19.2 Å². The first kappa shape index (κ1) is 18.0. The Hall–Kier alpha value is -2.82. The molecule has 0 aromatic heterocycles. The number of hydrogen-bond donors (Lipinski definition) is 1. The SMILES string of the molecule is COc1cccc2c1N(C(=O)Cc1ccc(NC(C)=O)cc1)CC[C@H]2C. The van der Waals surface area contributed by atoms with Crippen molar-refractivity contribution in [2.24, 2.45) is 0 Å². The van der Waals surface area contributed by atoms with Crippen LogP contribution in [0, 0.1) is 0 Å². The van der Waals surface area contributed by atoms with Crippen molar-refractivity contribution in [1.29, 1.82) is 0 Å². The molecule has 2 aromatic rings. The number of carbonyl (C=O) groups is 2. The molecule has 1 aliphatic heterocycles. The van der Waals surface area contributed by atoms with Gasteiger partial charge < -0.3 is 15.0 Å². The van der Waals surface area contributed by atoms with Crippen LogP contribution < -0.4 is 15.0 Å². The van der Waals surface area contributed by atoms with Crippen LogP contribution in [0.5, 0.6) is 5.75 Å². The largest absolute Gasteiger partial charge is 0.495 e. The molecule has 0 unspecified atom stereocenters. The molecule has 1 aliphatic rings. The first-order chi connectivity index (χ1) is 12.5. The molecule has 0 saturated heterocycles. The van der Waals surface area contributed by atoms with E-state index in [1.165, 1.54) is 6.92 Å². The van der Waals surface area contributed by atoms with E-state index in [0.717, 1.165) is 34.7 Å². The summed E-state index contributed by atoms with van der Waals surface area (Å²) in [4.78, 5) is 25.9. The van der Waals surface area contributed by atoms with E-state index in [1.54, 1.807) is 7.11 Å². The van der Waals surface area contributed by atoms with Crippen molar-refractivity contribution in [3.8, 4) is 5.75 Å². The average molecular weight is 352 g/mol. The van der Waals surface area contributed by atoms with E-state index in [0.29, 0.717) is 18.9 Å². The van der Waals surface area contributed by atoms with Crippen LogP contribution in [-0.4, -0.2) is 25.5 Å². The van der Waals surface area contributed by atoms with Gasteiger partial charge in [-0.05, 0) is 41.7 Å². The minimum Gasteiger partial charge on any atom is -0.495 e. The number of fused-ring (bicyclic) bond motifs is 1. The minimum absolute atomic E-state index is 0.0509. The van der Waals surface area contributed by atoms with Crippen molar-refractivity contribution in [3.05, 3.63) is 53.6 Å². The van der Waals surface area contributed by atoms with E-state index in [1.807, 2.05) is 41.3 Å². The zero-order chi connectivity index (χ0) is 18.7. The molecule has 0 spiro atoms. The molecule has 136 valence electrons. The normalized spacial score (nSPS) is 16.0. The fourth-order valence-corrected chi connectivity index (χ4v) is 3.41. The van der Waals surface area contributed by atoms with Gasteiger partial charge in [0, 0.05) is 19.2 Å². The number of ether oxygens (including phenoxy) is 1. The van der Waals surface area contributed by atoms with Gasteiger partial charge in [0.15, 0.2) is 0 Å². The second-order valence-electron chi connectivity index (χ2n) is 6.69. The monoisotopic (exact) mass is 352 g/mol. The van der Waals surface area contributed by atoms with E-state index in [4.69, 9.17) is 4.74 Å². The highest BCUT2D eigenvalue weighted by Gasteiger charge is 2.29. The van der Waals surface area contributed by atoms with Crippen molar-refractivity contribution in [1.82, 2.24) is 0 Å². The summed E-state index contributed by atoms with van der Waals surface area (Å²) in [5.74, 6) is 1.08. The third-order valence-corrected chi connectivity index (χ3v) is 4.77. The average Bonchev–Trinajstić information content (AvgIpc) is 2.63. The lowest BCUT2D eigenvalue weighted by atomic mass is 9.90. The smallest absolute Gasteiger partial charge is 0.231 e. The topological polar surface area (TPSA) is 58.6 Å². The number of anilines is 2. The Kier molecular flexibility index (Phi) is 5.26. The van der Waals surface area contributed by atoms with E-state index in [2.05, 4.69) is 18.3 Å². The van der Waals surface area contributed by atoms with Crippen molar-refractivity contribution in [3.63, 3.8) is 0 Å². The van der Waals surface area contributed by atoms with E-state index >= 15 is 0 Å². The Labute approximate surface area is 154 Å². The molecule has 1 heterocycles. The summed E-state index contributed by atoms with van der Waals surface area (Å²) in [6.45, 7) is 4.35. The molecule has 0 fully saturated rings. The quantitative estimate of drug-likeness (QED) is 0.912. The predicted molar refractivity (Wildman–Crippen MR) is 103 cm³/mol. The second-order valence-corrected chi connectivity index (χ2v) is 6.69. The van der Waals surface area contributed by atoms with Crippen LogP contribution in [0.4, 0.5) is 11.4 Å². The maximum Gasteiger partial charge on any atom is 0.231 e. The van der Waals surface area contributed by atoms with Crippen LogP contribution in [0.25, 0.3) is 0 Å². The van der Waals surface area contributed by atoms with Crippen LogP contribution in [0.2, 0.25) is 0 Å². The first-order valence-electron chi connectivity index (χ1n) is 8.83. The lowest BCUT2D eigenvalue weighted by Gasteiger charge is -2.34. The van der Waals surface area contributed by atoms with Gasteiger partial charge in [-0.15, -0.1) is 0 Å². The molecule has 0 aliphatic carbocycles. The van der Waals surface area contributed by atoms with Crippen molar-refractivity contribution >= 4 is 23.2 Å². The number of amides is 2. The lowest BCUT2D eigenvalue weighted by molar-refractivity contribution is -0.118. The van der Waals surface area contributed by atoms with Gasteiger partial charge in [-0.1, -0.05) is 31.2 Å². The van der Waals surface area contributed by atoms with Crippen molar-refractivity contribution in [2.75, 3.05) is 23.9 Å². The standard InChI is InChI=1S/C21H24N2O3/c1-14-11-12-23(21-18(14)5-4-6-19(21)26-3)20(25)13-16-7-9-17(10-8-16)22-15(2)24/h4-10,14H,11-13H2,1-3H3,(H,22,24)/t14-/m1/s1. The van der Waals surface area contributed by atoms with E-state index < -0.39 is 0 Å². The molecule has 0 bridgehead atoms. The van der Waals surface area contributed by atoms with E-state index in [9.17, 15) is 9.59 Å². The lowest BCUT2D eigenvalue weighted by Crippen LogP contribution is -2.37. The molecule has 1 atom stereocenters. The Bertz CT molecular complexity index is 815. The van der Waals surface area contributed by atoms with Crippen LogP contribution >= 0.6 is 0 Å². The summed E-state index contributed by atoms with van der Waals surface area (Å²) < 4.78 is 5.51. The number of nitrogens with one attached hydrogen (secondary N) is 1. The molecule has 0 radical (unpaired) electrons. The molecular weight excluding hydrogens is 328 g/mol. The Morgan fingerprint density at radius 2 is 1.92 bits per heavy atom. The number of methoxy groups -OCH3 is 1. The number of carbonyl (C=O) groups excluding carboxylic acids is 2. The molecule has 0 saturated carbocycles. The number of para-hydroxylation sites is 1. The predicted octanol–water partition coefficient (Wildman–Crippen LogP) is 3.74. The Balaban J connectivity index is 1.81. The summed E-state index contributed by atoms with van der Waals surface area (Å²) in [5.41, 5.74) is 3.70. The fraction of sp³-hybridized carbons (Fsp3) is 0.333. The molecule has 26 heavy (non-hydrogen) atoms. The molecule has 5 nitrogen and oxygen atoms in total. The number of benzene rings is 2. The summed E-state index contributed by atoms with van der Waals surface area (Å²) in [6.07, 6.45) is 1.25. The molecule has 3 rings (SSSR count). The van der Waals surface area contributed by atoms with Crippen LogP contribution in [0.1, 0.15) is 37.3 Å². The maximum atomic E-state index is 13.0. The molecule has 5 heteroatoms. The van der Waals surface area contributed by atoms with Crippen LogP contribution in [-0.2, 0) is 16.0 Å². The highest BCUT2D eigenvalue weighted by molar-refractivity contribution is 5.97. The third-order valence-electron chi connectivity index (χ3n) is 4.77. The van der Waals surface area contributed by atoms with Gasteiger partial charge >= 0.3 is 0 Å².